The lowest BCUT2D eigenvalue weighted by Gasteiger charge is -2.14. The second kappa shape index (κ2) is 7.78. The van der Waals surface area contributed by atoms with Crippen molar-refractivity contribution in [3.8, 4) is 5.69 Å². The first kappa shape index (κ1) is 21.0. The van der Waals surface area contributed by atoms with E-state index in [9.17, 15) is 27.6 Å². The first-order chi connectivity index (χ1) is 14.7. The van der Waals surface area contributed by atoms with E-state index < -0.39 is 29.1 Å². The zero-order valence-electron chi connectivity index (χ0n) is 15.7. The highest BCUT2D eigenvalue weighted by Crippen LogP contribution is 2.28. The Labute approximate surface area is 179 Å². The minimum Gasteiger partial charge on any atom is -0.455 e. The van der Waals surface area contributed by atoms with Crippen LogP contribution in [0.5, 0.6) is 0 Å². The zero-order valence-corrected chi connectivity index (χ0v) is 17.3. The number of ether oxygens (including phenoxy) is 1. The first-order valence-electron chi connectivity index (χ1n) is 8.66. The van der Waals surface area contributed by atoms with Crippen molar-refractivity contribution in [3.63, 3.8) is 0 Å². The molecule has 160 valence electrons. The number of fused-ring (bicyclic) bond motifs is 1. The second-order valence-corrected chi connectivity index (χ2v) is 8.16. The Bertz CT molecular complexity index is 1400. The number of esters is 1. The molecule has 3 aromatic heterocycles. The topological polar surface area (TPSA) is 83.2 Å². The summed E-state index contributed by atoms with van der Waals surface area (Å²) in [6.45, 7) is -0.139. The monoisotopic (exact) mass is 467 g/mol. The number of alkyl halides is 3. The average molecular weight is 467 g/mol. The number of benzene rings is 1. The normalized spacial score (nSPS) is 11.7. The molecule has 0 radical (unpaired) electrons. The van der Waals surface area contributed by atoms with E-state index in [0.717, 1.165) is 18.6 Å². The van der Waals surface area contributed by atoms with Gasteiger partial charge in [0.25, 0.3) is 5.56 Å². The number of carbonyl (C=O) groups excluding carboxylic acids is 1. The number of thiophene rings is 1. The van der Waals surface area contributed by atoms with Crippen molar-refractivity contribution in [3.05, 3.63) is 78.9 Å². The maximum Gasteiger partial charge on any atom is 0.431 e. The molecular formula is C19H12F3N3O4S2. The predicted molar refractivity (Wildman–Crippen MR) is 109 cm³/mol. The fourth-order valence-electron chi connectivity index (χ4n) is 2.95. The molecule has 0 saturated heterocycles. The molecule has 0 unspecified atom stereocenters. The Morgan fingerprint density at radius 3 is 2.65 bits per heavy atom. The van der Waals surface area contributed by atoms with Crippen LogP contribution in [0.1, 0.15) is 21.1 Å². The van der Waals surface area contributed by atoms with Crippen LogP contribution in [0.2, 0.25) is 0 Å². The number of nitrogens with zero attached hydrogens (tertiary/aromatic N) is 3. The van der Waals surface area contributed by atoms with Gasteiger partial charge >= 0.3 is 17.8 Å². The summed E-state index contributed by atoms with van der Waals surface area (Å²) in [6, 6.07) is 8.21. The van der Waals surface area contributed by atoms with Crippen LogP contribution in [0.15, 0.2) is 51.4 Å². The van der Waals surface area contributed by atoms with Crippen molar-refractivity contribution in [1.82, 2.24) is 13.5 Å². The zero-order chi connectivity index (χ0) is 22.3. The summed E-state index contributed by atoms with van der Waals surface area (Å²) in [7, 11) is 0.946. The molecule has 0 aliphatic rings. The summed E-state index contributed by atoms with van der Waals surface area (Å²) in [5.41, 5.74) is -3.09. The lowest BCUT2D eigenvalue weighted by Crippen LogP contribution is -2.40. The van der Waals surface area contributed by atoms with Crippen molar-refractivity contribution in [1.29, 1.82) is 0 Å². The van der Waals surface area contributed by atoms with Crippen LogP contribution < -0.4 is 11.2 Å². The molecule has 0 aliphatic heterocycles. The van der Waals surface area contributed by atoms with Gasteiger partial charge < -0.3 is 4.74 Å². The summed E-state index contributed by atoms with van der Waals surface area (Å²) in [5, 5.41) is 2.26. The number of hydrogen-bond donors (Lipinski definition) is 0. The van der Waals surface area contributed by atoms with Gasteiger partial charge in [-0.2, -0.15) is 17.5 Å². The van der Waals surface area contributed by atoms with Gasteiger partial charge in [-0.15, -0.1) is 11.3 Å². The van der Waals surface area contributed by atoms with Gasteiger partial charge in [0.05, 0.1) is 16.1 Å². The van der Waals surface area contributed by atoms with Gasteiger partial charge in [-0.1, -0.05) is 6.07 Å². The number of carbonyl (C=O) groups is 1. The SMILES string of the molecule is Cn1c(C(F)(F)F)cc(=O)n(-c2ccc3snc(COC(=O)c4cccs4)c3c2)c1=O. The highest BCUT2D eigenvalue weighted by atomic mass is 32.1. The van der Waals surface area contributed by atoms with Gasteiger partial charge in [0.15, 0.2) is 0 Å². The largest absolute Gasteiger partial charge is 0.455 e. The summed E-state index contributed by atoms with van der Waals surface area (Å²) >= 11 is 2.36. The molecule has 0 bridgehead atoms. The second-order valence-electron chi connectivity index (χ2n) is 6.41. The highest BCUT2D eigenvalue weighted by Gasteiger charge is 2.35. The van der Waals surface area contributed by atoms with Crippen molar-refractivity contribution in [2.45, 2.75) is 12.8 Å². The fraction of sp³-hybridized carbons (Fsp3) is 0.158. The van der Waals surface area contributed by atoms with E-state index in [1.807, 2.05) is 0 Å². The van der Waals surface area contributed by atoms with Gasteiger partial charge in [-0.25, -0.2) is 14.2 Å². The Balaban J connectivity index is 1.73. The van der Waals surface area contributed by atoms with Crippen molar-refractivity contribution < 1.29 is 22.7 Å². The summed E-state index contributed by atoms with van der Waals surface area (Å²) in [4.78, 5) is 37.3. The van der Waals surface area contributed by atoms with Gasteiger partial charge in [0.1, 0.15) is 17.2 Å². The molecule has 3 heterocycles. The van der Waals surface area contributed by atoms with Gasteiger partial charge in [-0.3, -0.25) is 9.36 Å². The van der Waals surface area contributed by atoms with Crippen LogP contribution in [-0.2, 0) is 24.6 Å². The minimum absolute atomic E-state index is 0.0813. The molecule has 0 fully saturated rings. The molecule has 0 aliphatic carbocycles. The summed E-state index contributed by atoms with van der Waals surface area (Å²) in [6.07, 6.45) is -4.84. The molecule has 0 saturated carbocycles. The van der Waals surface area contributed by atoms with E-state index in [2.05, 4.69) is 4.37 Å². The Morgan fingerprint density at radius 2 is 1.97 bits per heavy atom. The lowest BCUT2D eigenvalue weighted by molar-refractivity contribution is -0.144. The Kier molecular flexibility index (Phi) is 5.27. The number of halogens is 3. The summed E-state index contributed by atoms with van der Waals surface area (Å²) in [5.74, 6) is -0.514. The third-order valence-electron chi connectivity index (χ3n) is 4.46. The van der Waals surface area contributed by atoms with E-state index in [0.29, 0.717) is 35.9 Å². The van der Waals surface area contributed by atoms with E-state index in [1.165, 1.54) is 23.5 Å². The van der Waals surface area contributed by atoms with Gasteiger partial charge in [0, 0.05) is 18.5 Å². The molecule has 1 aromatic carbocycles. The van der Waals surface area contributed by atoms with Crippen LogP contribution in [0.25, 0.3) is 15.8 Å². The molecule has 0 spiro atoms. The highest BCUT2D eigenvalue weighted by molar-refractivity contribution is 7.13. The number of aromatic nitrogens is 3. The molecule has 0 N–H and O–H groups in total. The molecular weight excluding hydrogens is 455 g/mol. The standard InChI is InChI=1S/C19H12F3N3O4S2/c1-24-15(19(20,21)22)8-16(26)25(18(24)28)10-4-5-13-11(7-10)12(23-31-13)9-29-17(27)14-3-2-6-30-14/h2-8H,9H2,1H3. The fourth-order valence-corrected chi connectivity index (χ4v) is 4.33. The predicted octanol–water partition coefficient (Wildman–Crippen LogP) is 3.58. The number of hydrogen-bond acceptors (Lipinski definition) is 7. The Morgan fingerprint density at radius 1 is 1.19 bits per heavy atom. The maximum atomic E-state index is 13.1. The van der Waals surface area contributed by atoms with Crippen LogP contribution in [0.4, 0.5) is 13.2 Å². The number of rotatable bonds is 4. The molecule has 0 amide bonds. The van der Waals surface area contributed by atoms with E-state index in [1.54, 1.807) is 23.6 Å². The van der Waals surface area contributed by atoms with Crippen LogP contribution in [-0.4, -0.2) is 19.5 Å². The third kappa shape index (κ3) is 3.91. The maximum absolute atomic E-state index is 13.1. The smallest absolute Gasteiger partial charge is 0.431 e. The quantitative estimate of drug-likeness (QED) is 0.429. The van der Waals surface area contributed by atoms with Crippen molar-refractivity contribution in [2.75, 3.05) is 0 Å². The Hall–Kier alpha value is -3.25. The molecule has 7 nitrogen and oxygen atoms in total. The third-order valence-corrected chi connectivity index (χ3v) is 6.17. The van der Waals surface area contributed by atoms with Crippen molar-refractivity contribution in [2.24, 2.45) is 7.05 Å². The van der Waals surface area contributed by atoms with Gasteiger partial charge in [-0.05, 0) is 41.2 Å². The van der Waals surface area contributed by atoms with Gasteiger partial charge in [0.2, 0.25) is 0 Å². The molecule has 4 aromatic rings. The van der Waals surface area contributed by atoms with Crippen LogP contribution in [0, 0.1) is 0 Å². The molecule has 0 atom stereocenters. The lowest BCUT2D eigenvalue weighted by atomic mass is 10.2. The first-order valence-corrected chi connectivity index (χ1v) is 10.3. The van der Waals surface area contributed by atoms with E-state index >= 15 is 0 Å². The average Bonchev–Trinajstić information content (AvgIpc) is 3.38. The summed E-state index contributed by atoms with van der Waals surface area (Å²) < 4.78 is 50.4. The van der Waals surface area contributed by atoms with Crippen molar-refractivity contribution >= 4 is 38.9 Å². The van der Waals surface area contributed by atoms with Crippen LogP contribution in [0.3, 0.4) is 0 Å². The molecule has 4 rings (SSSR count). The van der Waals surface area contributed by atoms with Crippen LogP contribution >= 0.6 is 22.9 Å². The van der Waals surface area contributed by atoms with E-state index in [-0.39, 0.29) is 12.3 Å². The molecule has 31 heavy (non-hydrogen) atoms. The van der Waals surface area contributed by atoms with E-state index in [4.69, 9.17) is 4.74 Å². The minimum atomic E-state index is -4.84. The molecule has 12 heteroatoms.